The quantitative estimate of drug-likeness (QED) is 0.836. The maximum absolute atomic E-state index is 6.23. The van der Waals surface area contributed by atoms with Gasteiger partial charge in [0, 0.05) is 16.1 Å². The molecule has 1 aliphatic rings. The fourth-order valence-corrected chi connectivity index (χ4v) is 3.10. The lowest BCUT2D eigenvalue weighted by Gasteiger charge is -2.38. The van der Waals surface area contributed by atoms with Gasteiger partial charge in [0.2, 0.25) is 0 Å². The van der Waals surface area contributed by atoms with Crippen LogP contribution in [-0.4, -0.2) is 12.6 Å². The van der Waals surface area contributed by atoms with Gasteiger partial charge in [-0.25, -0.2) is 0 Å². The minimum atomic E-state index is 0.565. The van der Waals surface area contributed by atoms with Crippen molar-refractivity contribution in [3.63, 3.8) is 0 Å². The predicted molar refractivity (Wildman–Crippen MR) is 79.5 cm³/mol. The zero-order chi connectivity index (χ0) is 13.1. The van der Waals surface area contributed by atoms with Gasteiger partial charge in [-0.3, -0.25) is 0 Å². The molecule has 1 saturated carbocycles. The highest BCUT2D eigenvalue weighted by molar-refractivity contribution is 6.35. The summed E-state index contributed by atoms with van der Waals surface area (Å²) < 4.78 is 0. The molecule has 1 aromatic rings. The van der Waals surface area contributed by atoms with Crippen molar-refractivity contribution >= 4 is 23.2 Å². The number of halogens is 2. The minimum Gasteiger partial charge on any atom is -0.314 e. The van der Waals surface area contributed by atoms with Gasteiger partial charge in [0.05, 0.1) is 0 Å². The Morgan fingerprint density at radius 2 is 1.78 bits per heavy atom. The van der Waals surface area contributed by atoms with E-state index in [1.165, 1.54) is 12.8 Å². The number of hydrogen-bond donors (Lipinski definition) is 1. The zero-order valence-electron chi connectivity index (χ0n) is 11.0. The first kappa shape index (κ1) is 14.2. The summed E-state index contributed by atoms with van der Waals surface area (Å²) in [6, 6.07) is 6.34. The Hall–Kier alpha value is -0.240. The van der Waals surface area contributed by atoms with Crippen LogP contribution in [0.5, 0.6) is 0 Å². The largest absolute Gasteiger partial charge is 0.314 e. The average Bonchev–Trinajstić information content (AvgIpc) is 2.26. The molecule has 0 saturated heterocycles. The lowest BCUT2D eigenvalue weighted by molar-refractivity contribution is 0.168. The topological polar surface area (TPSA) is 12.0 Å². The molecule has 1 fully saturated rings. The Morgan fingerprint density at radius 1 is 1.17 bits per heavy atom. The Balaban J connectivity index is 1.93. The highest BCUT2D eigenvalue weighted by Gasteiger charge is 2.31. The van der Waals surface area contributed by atoms with Gasteiger partial charge in [0.25, 0.3) is 0 Å². The maximum Gasteiger partial charge on any atom is 0.0452 e. The van der Waals surface area contributed by atoms with E-state index in [1.807, 2.05) is 18.2 Å². The monoisotopic (exact) mass is 285 g/mol. The molecule has 3 heteroatoms. The normalized spacial score (nSPS) is 23.2. The summed E-state index contributed by atoms with van der Waals surface area (Å²) in [7, 11) is 0. The number of rotatable bonds is 5. The Morgan fingerprint density at radius 3 is 2.28 bits per heavy atom. The molecule has 2 unspecified atom stereocenters. The van der Waals surface area contributed by atoms with Crippen molar-refractivity contribution in [2.45, 2.75) is 39.2 Å². The second kappa shape index (κ2) is 6.27. The maximum atomic E-state index is 6.23. The lowest BCUT2D eigenvalue weighted by atomic mass is 9.70. The summed E-state index contributed by atoms with van der Waals surface area (Å²) in [6.45, 7) is 5.50. The Kier molecular flexibility index (Phi) is 4.94. The molecule has 0 aliphatic heterocycles. The summed E-state index contributed by atoms with van der Waals surface area (Å²) in [5.74, 6) is 1.51. The summed E-state index contributed by atoms with van der Waals surface area (Å²) in [4.78, 5) is 0. The van der Waals surface area contributed by atoms with Crippen LogP contribution in [0.4, 0.5) is 0 Å². The molecule has 0 bridgehead atoms. The van der Waals surface area contributed by atoms with Crippen molar-refractivity contribution < 1.29 is 0 Å². The molecule has 0 radical (unpaired) electrons. The molecule has 1 aromatic carbocycles. The third-order valence-corrected chi connectivity index (χ3v) is 4.60. The fraction of sp³-hybridized carbons (Fsp3) is 0.600. The molecule has 1 nitrogen and oxygen atoms in total. The van der Waals surface area contributed by atoms with Crippen LogP contribution in [0.25, 0.3) is 0 Å². The third-order valence-electron chi connectivity index (χ3n) is 3.89. The predicted octanol–water partition coefficient (Wildman–Crippen LogP) is 4.56. The highest BCUT2D eigenvalue weighted by Crippen LogP contribution is 2.39. The number of benzene rings is 1. The molecular weight excluding hydrogens is 265 g/mol. The van der Waals surface area contributed by atoms with E-state index in [-0.39, 0.29) is 0 Å². The molecule has 18 heavy (non-hydrogen) atoms. The van der Waals surface area contributed by atoms with Crippen molar-refractivity contribution in [2.75, 3.05) is 6.54 Å². The second-order valence-corrected chi connectivity index (χ2v) is 6.38. The second-order valence-electron chi connectivity index (χ2n) is 5.56. The minimum absolute atomic E-state index is 0.565. The van der Waals surface area contributed by atoms with Crippen LogP contribution in [0.2, 0.25) is 10.0 Å². The van der Waals surface area contributed by atoms with E-state index in [9.17, 15) is 0 Å². The van der Waals surface area contributed by atoms with Gasteiger partial charge in [-0.2, -0.15) is 0 Å². The first-order chi connectivity index (χ1) is 8.58. The van der Waals surface area contributed by atoms with Crippen LogP contribution in [-0.2, 0) is 6.42 Å². The summed E-state index contributed by atoms with van der Waals surface area (Å²) in [5.41, 5.74) is 1.13. The molecule has 0 amide bonds. The van der Waals surface area contributed by atoms with Crippen LogP contribution in [0.15, 0.2) is 18.2 Å². The number of nitrogens with one attached hydrogen (secondary N) is 1. The van der Waals surface area contributed by atoms with Gasteiger partial charge in [0.15, 0.2) is 0 Å². The van der Waals surface area contributed by atoms with Crippen LogP contribution in [0, 0.1) is 11.8 Å². The molecule has 2 rings (SSSR count). The molecule has 0 aromatic heterocycles. The van der Waals surface area contributed by atoms with Crippen molar-refractivity contribution in [1.29, 1.82) is 0 Å². The average molecular weight is 286 g/mol. The lowest BCUT2D eigenvalue weighted by Crippen LogP contribution is -2.38. The first-order valence-corrected chi connectivity index (χ1v) is 7.49. The molecule has 2 atom stereocenters. The van der Waals surface area contributed by atoms with Crippen molar-refractivity contribution in [3.8, 4) is 0 Å². The van der Waals surface area contributed by atoms with E-state index in [1.54, 1.807) is 0 Å². The number of hydrogen-bond acceptors (Lipinski definition) is 1. The third kappa shape index (κ3) is 3.40. The summed E-state index contributed by atoms with van der Waals surface area (Å²) in [6.07, 6.45) is 3.64. The fourth-order valence-electron chi connectivity index (χ4n) is 2.55. The SMILES string of the molecule is CC(C)NCC1CCC1Cc1c(Cl)cccc1Cl. The van der Waals surface area contributed by atoms with Crippen molar-refractivity contribution in [1.82, 2.24) is 5.32 Å². The van der Waals surface area contributed by atoms with Gasteiger partial charge in [-0.1, -0.05) is 43.1 Å². The smallest absolute Gasteiger partial charge is 0.0452 e. The van der Waals surface area contributed by atoms with Crippen LogP contribution in [0.3, 0.4) is 0 Å². The van der Waals surface area contributed by atoms with Gasteiger partial charge in [0.1, 0.15) is 0 Å². The molecule has 1 aliphatic carbocycles. The van der Waals surface area contributed by atoms with Gasteiger partial charge >= 0.3 is 0 Å². The molecule has 0 spiro atoms. The first-order valence-electron chi connectivity index (χ1n) is 6.74. The van der Waals surface area contributed by atoms with E-state index < -0.39 is 0 Å². The van der Waals surface area contributed by atoms with E-state index in [0.717, 1.165) is 40.4 Å². The van der Waals surface area contributed by atoms with E-state index in [2.05, 4.69) is 19.2 Å². The van der Waals surface area contributed by atoms with E-state index in [0.29, 0.717) is 6.04 Å². The van der Waals surface area contributed by atoms with Gasteiger partial charge in [-0.05, 0) is 55.3 Å². The standard InChI is InChI=1S/C15H21Cl2N/c1-10(2)18-9-12-7-6-11(12)8-13-14(16)4-3-5-15(13)17/h3-5,10-12,18H,6-9H2,1-2H3. The van der Waals surface area contributed by atoms with Gasteiger partial charge in [-0.15, -0.1) is 0 Å². The van der Waals surface area contributed by atoms with Crippen molar-refractivity contribution in [2.24, 2.45) is 11.8 Å². The summed E-state index contributed by atoms with van der Waals surface area (Å²) in [5, 5.41) is 5.15. The molecule has 1 N–H and O–H groups in total. The molecule has 0 heterocycles. The van der Waals surface area contributed by atoms with Crippen molar-refractivity contribution in [3.05, 3.63) is 33.8 Å². The molecular formula is C15H21Cl2N. The van der Waals surface area contributed by atoms with Gasteiger partial charge < -0.3 is 5.32 Å². The Bertz CT molecular complexity index is 383. The van der Waals surface area contributed by atoms with E-state index in [4.69, 9.17) is 23.2 Å². The van der Waals surface area contributed by atoms with E-state index >= 15 is 0 Å². The Labute approximate surface area is 120 Å². The van der Waals surface area contributed by atoms with Crippen LogP contribution >= 0.6 is 23.2 Å². The highest BCUT2D eigenvalue weighted by atomic mass is 35.5. The zero-order valence-corrected chi connectivity index (χ0v) is 12.6. The van der Waals surface area contributed by atoms with Crippen LogP contribution in [0.1, 0.15) is 32.3 Å². The summed E-state index contributed by atoms with van der Waals surface area (Å²) >= 11 is 12.5. The van der Waals surface area contributed by atoms with Crippen LogP contribution < -0.4 is 5.32 Å². The molecule has 100 valence electrons.